The lowest BCUT2D eigenvalue weighted by Gasteiger charge is -2.31. The van der Waals surface area contributed by atoms with Crippen molar-refractivity contribution in [1.29, 1.82) is 0 Å². The zero-order chi connectivity index (χ0) is 13.0. The van der Waals surface area contributed by atoms with E-state index in [-0.39, 0.29) is 0 Å². The smallest absolute Gasteiger partial charge is 0.139 e. The number of benzene rings is 1. The fourth-order valence-electron chi connectivity index (χ4n) is 2.47. The highest BCUT2D eigenvalue weighted by atomic mass is 32.2. The minimum Gasteiger partial charge on any atom is -0.313 e. The van der Waals surface area contributed by atoms with Crippen LogP contribution in [0.3, 0.4) is 0 Å². The van der Waals surface area contributed by atoms with Gasteiger partial charge >= 0.3 is 0 Å². The SMILES string of the molecule is CCNC1CCCCC1Sc1ccc(F)cc1F. The minimum atomic E-state index is -0.510. The number of thioether (sulfide) groups is 1. The van der Waals surface area contributed by atoms with E-state index in [4.69, 9.17) is 0 Å². The van der Waals surface area contributed by atoms with Gasteiger partial charge in [-0.3, -0.25) is 0 Å². The van der Waals surface area contributed by atoms with Gasteiger partial charge in [0.25, 0.3) is 0 Å². The molecule has 1 aliphatic carbocycles. The van der Waals surface area contributed by atoms with E-state index in [2.05, 4.69) is 12.2 Å². The molecule has 1 saturated carbocycles. The molecule has 100 valence electrons. The van der Waals surface area contributed by atoms with Crippen LogP contribution in [0.25, 0.3) is 0 Å². The van der Waals surface area contributed by atoms with Crippen molar-refractivity contribution in [2.45, 2.75) is 48.8 Å². The van der Waals surface area contributed by atoms with Crippen LogP contribution in [0, 0.1) is 11.6 Å². The van der Waals surface area contributed by atoms with Crippen molar-refractivity contribution in [3.63, 3.8) is 0 Å². The first-order valence-corrected chi connectivity index (χ1v) is 7.43. The Hall–Kier alpha value is -0.610. The molecule has 0 saturated heterocycles. The topological polar surface area (TPSA) is 12.0 Å². The highest BCUT2D eigenvalue weighted by Crippen LogP contribution is 2.35. The molecule has 2 unspecified atom stereocenters. The van der Waals surface area contributed by atoms with Gasteiger partial charge in [-0.25, -0.2) is 8.78 Å². The third-order valence-corrected chi connectivity index (χ3v) is 4.79. The van der Waals surface area contributed by atoms with E-state index in [1.165, 1.54) is 18.9 Å². The summed E-state index contributed by atoms with van der Waals surface area (Å²) in [5, 5.41) is 3.86. The van der Waals surface area contributed by atoms with Gasteiger partial charge < -0.3 is 5.32 Å². The summed E-state index contributed by atoms with van der Waals surface area (Å²) in [6.07, 6.45) is 4.68. The Labute approximate surface area is 111 Å². The van der Waals surface area contributed by atoms with Gasteiger partial charge in [-0.05, 0) is 31.5 Å². The van der Waals surface area contributed by atoms with Crippen LogP contribution < -0.4 is 5.32 Å². The first kappa shape index (κ1) is 13.8. The first-order chi connectivity index (χ1) is 8.70. The zero-order valence-electron chi connectivity index (χ0n) is 10.6. The average Bonchev–Trinajstić information content (AvgIpc) is 2.35. The summed E-state index contributed by atoms with van der Waals surface area (Å²) in [7, 11) is 0. The van der Waals surface area contributed by atoms with Gasteiger partial charge in [-0.15, -0.1) is 11.8 Å². The van der Waals surface area contributed by atoms with Crippen molar-refractivity contribution >= 4 is 11.8 Å². The molecule has 0 aliphatic heterocycles. The number of rotatable bonds is 4. The van der Waals surface area contributed by atoms with Gasteiger partial charge in [0.1, 0.15) is 11.6 Å². The highest BCUT2D eigenvalue weighted by molar-refractivity contribution is 8.00. The quantitative estimate of drug-likeness (QED) is 0.889. The molecule has 1 aromatic rings. The Morgan fingerprint density at radius 1 is 1.28 bits per heavy atom. The van der Waals surface area contributed by atoms with Crippen molar-refractivity contribution in [3.8, 4) is 0 Å². The Kier molecular flexibility index (Phi) is 5.01. The van der Waals surface area contributed by atoms with E-state index >= 15 is 0 Å². The lowest BCUT2D eigenvalue weighted by molar-refractivity contribution is 0.390. The van der Waals surface area contributed by atoms with E-state index in [1.807, 2.05) is 0 Å². The van der Waals surface area contributed by atoms with Crippen molar-refractivity contribution < 1.29 is 8.78 Å². The highest BCUT2D eigenvalue weighted by Gasteiger charge is 2.26. The third kappa shape index (κ3) is 3.45. The minimum absolute atomic E-state index is 0.388. The molecule has 18 heavy (non-hydrogen) atoms. The zero-order valence-corrected chi connectivity index (χ0v) is 11.4. The molecular formula is C14H19F2NS. The molecule has 1 N–H and O–H groups in total. The maximum absolute atomic E-state index is 13.6. The summed E-state index contributed by atoms with van der Waals surface area (Å²) < 4.78 is 26.5. The molecule has 0 bridgehead atoms. The van der Waals surface area contributed by atoms with Crippen LogP contribution in [-0.4, -0.2) is 17.8 Å². The van der Waals surface area contributed by atoms with Crippen LogP contribution in [0.15, 0.2) is 23.1 Å². The van der Waals surface area contributed by atoms with Gasteiger partial charge in [0.15, 0.2) is 0 Å². The molecule has 1 fully saturated rings. The second kappa shape index (κ2) is 6.53. The summed E-state index contributed by atoms with van der Waals surface area (Å²) in [4.78, 5) is 0.561. The molecule has 1 aromatic carbocycles. The Balaban J connectivity index is 2.06. The molecule has 4 heteroatoms. The summed E-state index contributed by atoms with van der Waals surface area (Å²) in [6, 6.07) is 4.29. The normalized spacial score (nSPS) is 24.2. The van der Waals surface area contributed by atoms with Gasteiger partial charge in [0.2, 0.25) is 0 Å². The monoisotopic (exact) mass is 271 g/mol. The van der Waals surface area contributed by atoms with Gasteiger partial charge in [0, 0.05) is 22.3 Å². The van der Waals surface area contributed by atoms with Crippen LogP contribution in [0.5, 0.6) is 0 Å². The Morgan fingerprint density at radius 3 is 2.78 bits per heavy atom. The molecule has 0 heterocycles. The maximum Gasteiger partial charge on any atom is 0.139 e. The second-order valence-electron chi connectivity index (χ2n) is 4.68. The van der Waals surface area contributed by atoms with Gasteiger partial charge in [-0.2, -0.15) is 0 Å². The molecule has 1 nitrogen and oxygen atoms in total. The summed E-state index contributed by atoms with van der Waals surface area (Å²) in [5.74, 6) is -0.954. The molecule has 0 radical (unpaired) electrons. The fourth-order valence-corrected chi connectivity index (χ4v) is 3.79. The molecule has 2 rings (SSSR count). The summed E-state index contributed by atoms with van der Waals surface area (Å²) in [5.41, 5.74) is 0. The second-order valence-corrected chi connectivity index (χ2v) is 5.96. The number of nitrogens with one attached hydrogen (secondary N) is 1. The summed E-state index contributed by atoms with van der Waals surface area (Å²) >= 11 is 1.54. The van der Waals surface area contributed by atoms with Crippen LogP contribution >= 0.6 is 11.8 Å². The van der Waals surface area contributed by atoms with Crippen LogP contribution in [0.4, 0.5) is 8.78 Å². The van der Waals surface area contributed by atoms with Gasteiger partial charge in [0.05, 0.1) is 0 Å². The van der Waals surface area contributed by atoms with Gasteiger partial charge in [-0.1, -0.05) is 19.8 Å². The lowest BCUT2D eigenvalue weighted by atomic mass is 9.95. The standard InChI is InChI=1S/C14H19F2NS/c1-2-17-12-5-3-4-6-14(12)18-13-8-7-10(15)9-11(13)16/h7-9,12,14,17H,2-6H2,1H3. The van der Waals surface area contributed by atoms with Crippen molar-refractivity contribution in [2.75, 3.05) is 6.54 Å². The first-order valence-electron chi connectivity index (χ1n) is 6.55. The van der Waals surface area contributed by atoms with Crippen molar-refractivity contribution in [1.82, 2.24) is 5.32 Å². The van der Waals surface area contributed by atoms with E-state index in [0.717, 1.165) is 25.5 Å². The van der Waals surface area contributed by atoms with E-state index < -0.39 is 11.6 Å². The molecule has 1 aliphatic rings. The predicted molar refractivity (Wildman–Crippen MR) is 71.9 cm³/mol. The molecule has 0 amide bonds. The van der Waals surface area contributed by atoms with Crippen molar-refractivity contribution in [3.05, 3.63) is 29.8 Å². The van der Waals surface area contributed by atoms with E-state index in [9.17, 15) is 8.78 Å². The van der Waals surface area contributed by atoms with Crippen molar-refractivity contribution in [2.24, 2.45) is 0 Å². The van der Waals surface area contributed by atoms with Crippen LogP contribution in [0.2, 0.25) is 0 Å². The number of hydrogen-bond acceptors (Lipinski definition) is 2. The Morgan fingerprint density at radius 2 is 2.06 bits per heavy atom. The third-order valence-electron chi connectivity index (χ3n) is 3.34. The largest absolute Gasteiger partial charge is 0.313 e. The maximum atomic E-state index is 13.6. The lowest BCUT2D eigenvalue weighted by Crippen LogP contribution is -2.40. The molecular weight excluding hydrogens is 252 g/mol. The summed E-state index contributed by atoms with van der Waals surface area (Å²) in [6.45, 7) is 3.03. The predicted octanol–water partition coefficient (Wildman–Crippen LogP) is 3.98. The van der Waals surface area contributed by atoms with Crippen LogP contribution in [0.1, 0.15) is 32.6 Å². The molecule has 0 spiro atoms. The molecule has 0 aromatic heterocycles. The van der Waals surface area contributed by atoms with Crippen LogP contribution in [-0.2, 0) is 0 Å². The number of halogens is 2. The van der Waals surface area contributed by atoms with E-state index in [0.29, 0.717) is 16.2 Å². The fraction of sp³-hybridized carbons (Fsp3) is 0.571. The van der Waals surface area contributed by atoms with E-state index in [1.54, 1.807) is 17.8 Å². The number of hydrogen-bond donors (Lipinski definition) is 1. The molecule has 2 atom stereocenters. The Bertz CT molecular complexity index is 395. The average molecular weight is 271 g/mol.